The van der Waals surface area contributed by atoms with Crippen LogP contribution in [0.4, 0.5) is 5.69 Å². The molecule has 0 fully saturated rings. The molecule has 5 heteroatoms. The molecular weight excluding hydrogens is 436 g/mol. The number of hydrogen-bond donors (Lipinski definition) is 1. The van der Waals surface area contributed by atoms with Crippen LogP contribution in [0.15, 0.2) is 115 Å². The van der Waals surface area contributed by atoms with Gasteiger partial charge in [0.1, 0.15) is 6.61 Å². The summed E-state index contributed by atoms with van der Waals surface area (Å²) in [7, 11) is 0. The van der Waals surface area contributed by atoms with Gasteiger partial charge in [-0.2, -0.15) is 0 Å². The third-order valence-corrected chi connectivity index (χ3v) is 5.61. The van der Waals surface area contributed by atoms with E-state index in [1.165, 1.54) is 6.20 Å². The van der Waals surface area contributed by atoms with Crippen LogP contribution < -0.4 is 5.32 Å². The average Bonchev–Trinajstić information content (AvgIpc) is 2.92. The Morgan fingerprint density at radius 1 is 0.714 bits per heavy atom. The van der Waals surface area contributed by atoms with Crippen LogP contribution in [0.1, 0.15) is 26.3 Å². The highest BCUT2D eigenvalue weighted by Crippen LogP contribution is 2.24. The fourth-order valence-electron chi connectivity index (χ4n) is 3.82. The first-order valence-corrected chi connectivity index (χ1v) is 11.2. The number of carbonyl (C=O) groups is 2. The summed E-state index contributed by atoms with van der Waals surface area (Å²) < 4.78 is 5.54. The van der Waals surface area contributed by atoms with Crippen molar-refractivity contribution in [1.82, 2.24) is 4.98 Å². The zero-order valence-electron chi connectivity index (χ0n) is 18.8. The van der Waals surface area contributed by atoms with Gasteiger partial charge in [0.2, 0.25) is 0 Å². The third-order valence-electron chi connectivity index (χ3n) is 5.61. The Balaban J connectivity index is 1.27. The molecule has 0 aliphatic carbocycles. The summed E-state index contributed by atoms with van der Waals surface area (Å²) in [5.74, 6) is -0.578. The molecule has 1 N–H and O–H groups in total. The fraction of sp³-hybridized carbons (Fsp3) is 0.0333. The third kappa shape index (κ3) is 5.25. The number of fused-ring (bicyclic) bond motifs is 1. The first kappa shape index (κ1) is 22.0. The van der Waals surface area contributed by atoms with E-state index in [-0.39, 0.29) is 12.5 Å². The Hall–Kier alpha value is -4.77. The second kappa shape index (κ2) is 10.0. The smallest absolute Gasteiger partial charge is 0.340 e. The first-order chi connectivity index (χ1) is 17.2. The molecule has 0 aliphatic heterocycles. The average molecular weight is 459 g/mol. The second-order valence-electron chi connectivity index (χ2n) is 8.09. The van der Waals surface area contributed by atoms with Crippen molar-refractivity contribution < 1.29 is 14.3 Å². The van der Waals surface area contributed by atoms with E-state index in [0.29, 0.717) is 16.8 Å². The molecular formula is C30H22N2O3. The molecule has 0 saturated carbocycles. The van der Waals surface area contributed by atoms with Gasteiger partial charge >= 0.3 is 5.97 Å². The van der Waals surface area contributed by atoms with E-state index in [1.807, 2.05) is 91.0 Å². The van der Waals surface area contributed by atoms with Crippen LogP contribution in [0.5, 0.6) is 0 Å². The molecule has 0 bridgehead atoms. The van der Waals surface area contributed by atoms with Crippen molar-refractivity contribution >= 4 is 28.5 Å². The van der Waals surface area contributed by atoms with Crippen LogP contribution in [-0.2, 0) is 11.3 Å². The van der Waals surface area contributed by atoms with Gasteiger partial charge in [0, 0.05) is 22.8 Å². The molecule has 35 heavy (non-hydrogen) atoms. The lowest BCUT2D eigenvalue weighted by Gasteiger charge is -2.10. The van der Waals surface area contributed by atoms with E-state index in [1.54, 1.807) is 18.2 Å². The van der Waals surface area contributed by atoms with Crippen molar-refractivity contribution in [2.45, 2.75) is 6.61 Å². The molecule has 1 amide bonds. The van der Waals surface area contributed by atoms with Crippen LogP contribution in [0, 0.1) is 0 Å². The van der Waals surface area contributed by atoms with E-state index in [9.17, 15) is 9.59 Å². The summed E-state index contributed by atoms with van der Waals surface area (Å²) in [6, 6.07) is 34.0. The summed E-state index contributed by atoms with van der Waals surface area (Å²) in [5.41, 5.74) is 5.33. The number of nitrogens with zero attached hydrogens (tertiary/aromatic N) is 1. The first-order valence-electron chi connectivity index (χ1n) is 11.2. The summed E-state index contributed by atoms with van der Waals surface area (Å²) in [6.07, 6.45) is 1.54. The molecule has 0 aliphatic rings. The Bertz CT molecular complexity index is 1510. The summed E-state index contributed by atoms with van der Waals surface area (Å²) in [5, 5.41) is 3.83. The highest BCUT2D eigenvalue weighted by molar-refractivity contribution is 6.04. The van der Waals surface area contributed by atoms with Gasteiger partial charge in [-0.05, 0) is 59.2 Å². The number of para-hydroxylation sites is 1. The molecule has 4 aromatic carbocycles. The number of aromatic nitrogens is 1. The second-order valence-corrected chi connectivity index (χ2v) is 8.09. The number of anilines is 1. The highest BCUT2D eigenvalue weighted by Gasteiger charge is 2.10. The largest absolute Gasteiger partial charge is 0.457 e. The quantitative estimate of drug-likeness (QED) is 0.295. The van der Waals surface area contributed by atoms with Gasteiger partial charge in [0.05, 0.1) is 11.1 Å². The number of benzene rings is 4. The van der Waals surface area contributed by atoms with Crippen molar-refractivity contribution in [3.05, 3.63) is 132 Å². The number of esters is 1. The minimum Gasteiger partial charge on any atom is -0.457 e. The van der Waals surface area contributed by atoms with Gasteiger partial charge in [0.25, 0.3) is 5.91 Å². The monoisotopic (exact) mass is 458 g/mol. The number of carbonyl (C=O) groups excluding carboxylic acids is 2. The van der Waals surface area contributed by atoms with E-state index in [4.69, 9.17) is 4.74 Å². The van der Waals surface area contributed by atoms with E-state index in [2.05, 4.69) is 10.3 Å². The van der Waals surface area contributed by atoms with Crippen LogP contribution in [0.25, 0.3) is 22.0 Å². The predicted molar refractivity (Wildman–Crippen MR) is 137 cm³/mol. The molecule has 0 atom stereocenters. The van der Waals surface area contributed by atoms with E-state index < -0.39 is 5.97 Å². The standard InChI is InChI=1S/C30H22N2O3/c33-29(22-9-2-1-3-10-22)32-27-14-7-13-24(18-27)23-12-6-8-21(16-23)20-35-30(34)26-17-25-11-4-5-15-28(25)31-19-26/h1-19H,20H2,(H,32,33). The predicted octanol–water partition coefficient (Wildman–Crippen LogP) is 6.51. The van der Waals surface area contributed by atoms with Crippen molar-refractivity contribution in [3.63, 3.8) is 0 Å². The van der Waals surface area contributed by atoms with Crippen LogP contribution in [0.3, 0.4) is 0 Å². The van der Waals surface area contributed by atoms with Gasteiger partial charge in [-0.25, -0.2) is 4.79 Å². The van der Waals surface area contributed by atoms with Crippen LogP contribution in [-0.4, -0.2) is 16.9 Å². The number of rotatable bonds is 6. The Kier molecular flexibility index (Phi) is 6.31. The molecule has 0 radical (unpaired) electrons. The van der Waals surface area contributed by atoms with Gasteiger partial charge in [-0.15, -0.1) is 0 Å². The molecule has 0 saturated heterocycles. The molecule has 1 heterocycles. The Labute approximate surface area is 203 Å². The molecule has 5 aromatic rings. The van der Waals surface area contributed by atoms with E-state index >= 15 is 0 Å². The lowest BCUT2D eigenvalue weighted by atomic mass is 10.0. The fourth-order valence-corrected chi connectivity index (χ4v) is 3.82. The molecule has 0 spiro atoms. The lowest BCUT2D eigenvalue weighted by molar-refractivity contribution is 0.0472. The number of nitrogens with one attached hydrogen (secondary N) is 1. The molecule has 1 aromatic heterocycles. The number of pyridine rings is 1. The zero-order chi connectivity index (χ0) is 24.0. The number of ether oxygens (including phenoxy) is 1. The molecule has 170 valence electrons. The van der Waals surface area contributed by atoms with Crippen LogP contribution >= 0.6 is 0 Å². The Morgan fingerprint density at radius 3 is 2.31 bits per heavy atom. The lowest BCUT2D eigenvalue weighted by Crippen LogP contribution is -2.11. The molecule has 5 nitrogen and oxygen atoms in total. The maximum absolute atomic E-state index is 12.6. The van der Waals surface area contributed by atoms with Gasteiger partial charge in [-0.3, -0.25) is 9.78 Å². The van der Waals surface area contributed by atoms with E-state index in [0.717, 1.165) is 27.6 Å². The van der Waals surface area contributed by atoms with Gasteiger partial charge in [-0.1, -0.05) is 66.7 Å². The maximum Gasteiger partial charge on any atom is 0.340 e. The normalized spacial score (nSPS) is 10.6. The Morgan fingerprint density at radius 2 is 1.46 bits per heavy atom. The van der Waals surface area contributed by atoms with Crippen LogP contribution in [0.2, 0.25) is 0 Å². The van der Waals surface area contributed by atoms with Gasteiger partial charge in [0.15, 0.2) is 0 Å². The maximum atomic E-state index is 12.6. The van der Waals surface area contributed by atoms with Crippen molar-refractivity contribution in [3.8, 4) is 11.1 Å². The van der Waals surface area contributed by atoms with Crippen molar-refractivity contribution in [2.75, 3.05) is 5.32 Å². The molecule has 0 unspecified atom stereocenters. The number of amides is 1. The summed E-state index contributed by atoms with van der Waals surface area (Å²) in [4.78, 5) is 29.4. The summed E-state index contributed by atoms with van der Waals surface area (Å²) in [6.45, 7) is 0.143. The highest BCUT2D eigenvalue weighted by atomic mass is 16.5. The summed E-state index contributed by atoms with van der Waals surface area (Å²) >= 11 is 0. The van der Waals surface area contributed by atoms with Crippen molar-refractivity contribution in [2.24, 2.45) is 0 Å². The minimum absolute atomic E-state index is 0.143. The zero-order valence-corrected chi connectivity index (χ0v) is 18.8. The topological polar surface area (TPSA) is 68.3 Å². The number of hydrogen-bond acceptors (Lipinski definition) is 4. The SMILES string of the molecule is O=C(Nc1cccc(-c2cccc(COC(=O)c3cnc4ccccc4c3)c2)c1)c1ccccc1. The van der Waals surface area contributed by atoms with Crippen molar-refractivity contribution in [1.29, 1.82) is 0 Å². The minimum atomic E-state index is -0.417. The molecule has 5 rings (SSSR count). The van der Waals surface area contributed by atoms with Gasteiger partial charge < -0.3 is 10.1 Å².